The van der Waals surface area contributed by atoms with Gasteiger partial charge in [-0.25, -0.2) is 4.68 Å². The van der Waals surface area contributed by atoms with Crippen LogP contribution in [0.4, 0.5) is 22.7 Å². The van der Waals surface area contributed by atoms with E-state index in [0.29, 0.717) is 16.9 Å². The molecule has 0 bridgehead atoms. The van der Waals surface area contributed by atoms with Crippen LogP contribution in [0.3, 0.4) is 0 Å². The van der Waals surface area contributed by atoms with Crippen LogP contribution in [0.2, 0.25) is 0 Å². The number of nitro benzene ring substituents is 2. The van der Waals surface area contributed by atoms with Gasteiger partial charge >= 0.3 is 0 Å². The van der Waals surface area contributed by atoms with E-state index in [-0.39, 0.29) is 56.4 Å². The Labute approximate surface area is 258 Å². The van der Waals surface area contributed by atoms with Gasteiger partial charge < -0.3 is 10.6 Å². The molecule has 0 fully saturated rings. The van der Waals surface area contributed by atoms with Crippen molar-refractivity contribution in [1.82, 2.24) is 9.78 Å². The highest BCUT2D eigenvalue weighted by molar-refractivity contribution is 6.33. The molecule has 5 aromatic rings. The third-order valence-electron chi connectivity index (χ3n) is 8.55. The van der Waals surface area contributed by atoms with Crippen molar-refractivity contribution < 1.29 is 24.2 Å². The van der Waals surface area contributed by atoms with Crippen LogP contribution >= 0.6 is 0 Å². The van der Waals surface area contributed by atoms with Crippen LogP contribution in [0.5, 0.6) is 0 Å². The predicted molar refractivity (Wildman–Crippen MR) is 164 cm³/mol. The smallest absolute Gasteiger partial charge is 0.269 e. The van der Waals surface area contributed by atoms with Crippen molar-refractivity contribution >= 4 is 40.2 Å². The summed E-state index contributed by atoms with van der Waals surface area (Å²) in [7, 11) is 0. The van der Waals surface area contributed by atoms with Gasteiger partial charge in [0.25, 0.3) is 11.4 Å². The van der Waals surface area contributed by atoms with Crippen LogP contribution in [0.15, 0.2) is 108 Å². The molecule has 13 nitrogen and oxygen atoms in total. The van der Waals surface area contributed by atoms with Gasteiger partial charge in [0.1, 0.15) is 5.69 Å². The minimum absolute atomic E-state index is 0.0761. The van der Waals surface area contributed by atoms with Crippen LogP contribution in [-0.4, -0.2) is 37.1 Å². The number of allylic oxidation sites excluding steroid dienone is 1. The molecule has 13 heteroatoms. The number of rotatable bonds is 4. The molecule has 46 heavy (non-hydrogen) atoms. The monoisotopic (exact) mass is 610 g/mol. The molecule has 2 aliphatic heterocycles. The molecule has 1 amide bonds. The highest BCUT2D eigenvalue weighted by Crippen LogP contribution is 2.57. The summed E-state index contributed by atoms with van der Waals surface area (Å²) in [5.74, 6) is -1.87. The van der Waals surface area contributed by atoms with Gasteiger partial charge in [-0.05, 0) is 18.2 Å². The van der Waals surface area contributed by atoms with E-state index < -0.39 is 32.7 Å². The van der Waals surface area contributed by atoms with Crippen molar-refractivity contribution in [3.63, 3.8) is 0 Å². The number of benzene rings is 4. The highest BCUT2D eigenvalue weighted by atomic mass is 16.6. The fraction of sp³-hybridized carbons (Fsp3) is 0.0303. The Bertz CT molecular complexity index is 2270. The molecule has 1 aliphatic carbocycles. The predicted octanol–water partition coefficient (Wildman–Crippen LogP) is 5.35. The number of nitrogens with one attached hydrogen (secondary N) is 2. The second-order valence-corrected chi connectivity index (χ2v) is 10.9. The van der Waals surface area contributed by atoms with Gasteiger partial charge in [-0.3, -0.25) is 34.6 Å². The molecule has 8 rings (SSSR count). The highest BCUT2D eigenvalue weighted by Gasteiger charge is 2.62. The number of hydrogen-bond donors (Lipinski definition) is 2. The standard InChI is InChI=1S/C33H18N6O7/c40-29-21-8-4-5-9-22(21)30(41)27-25(29)33(23-16-20(39(45)46)14-15-24(23)34-32(33)42)31-28(35-27)26(17-6-2-1-3-7-17)36-37(31)18-10-12-19(13-11-18)38(43)44/h1-16,35H,(H,34,42). The normalized spacial score (nSPS) is 17.5. The Balaban J connectivity index is 1.53. The fourth-order valence-corrected chi connectivity index (χ4v) is 6.57. The van der Waals surface area contributed by atoms with Crippen LogP contribution in [0, 0.1) is 20.2 Å². The van der Waals surface area contributed by atoms with Crippen LogP contribution in [0.25, 0.3) is 16.9 Å². The van der Waals surface area contributed by atoms with E-state index in [0.717, 1.165) is 0 Å². The number of aromatic nitrogens is 2. The number of anilines is 2. The van der Waals surface area contributed by atoms with Gasteiger partial charge in [-0.1, -0.05) is 54.6 Å². The summed E-state index contributed by atoms with van der Waals surface area (Å²) in [5.41, 5.74) is -0.918. The lowest BCUT2D eigenvalue weighted by Crippen LogP contribution is -2.48. The number of hydrogen-bond acceptors (Lipinski definition) is 9. The van der Waals surface area contributed by atoms with E-state index >= 15 is 0 Å². The summed E-state index contributed by atoms with van der Waals surface area (Å²) in [6.07, 6.45) is 0. The number of nitro groups is 2. The number of carbonyl (C=O) groups excluding carboxylic acids is 3. The molecule has 4 aromatic carbocycles. The molecule has 3 aliphatic rings. The maximum absolute atomic E-state index is 14.6. The Morgan fingerprint density at radius 2 is 1.35 bits per heavy atom. The number of fused-ring (bicyclic) bond motifs is 6. The summed E-state index contributed by atoms with van der Waals surface area (Å²) in [4.78, 5) is 65.6. The second kappa shape index (κ2) is 9.37. The van der Waals surface area contributed by atoms with E-state index in [4.69, 9.17) is 5.10 Å². The van der Waals surface area contributed by atoms with Crippen molar-refractivity contribution in [2.24, 2.45) is 0 Å². The molecule has 222 valence electrons. The topological polar surface area (TPSA) is 179 Å². The van der Waals surface area contributed by atoms with E-state index in [2.05, 4.69) is 10.6 Å². The van der Waals surface area contributed by atoms with Gasteiger partial charge in [0.2, 0.25) is 11.7 Å². The summed E-state index contributed by atoms with van der Waals surface area (Å²) in [6, 6.07) is 24.5. The third-order valence-corrected chi connectivity index (χ3v) is 8.55. The lowest BCUT2D eigenvalue weighted by Gasteiger charge is -2.38. The van der Waals surface area contributed by atoms with E-state index in [1.165, 1.54) is 59.3 Å². The molecule has 1 spiro atoms. The fourth-order valence-electron chi connectivity index (χ4n) is 6.57. The van der Waals surface area contributed by atoms with Crippen molar-refractivity contribution in [1.29, 1.82) is 0 Å². The first-order valence-electron chi connectivity index (χ1n) is 14.0. The molecule has 0 radical (unpaired) electrons. The SMILES string of the molecule is O=C1C2=C(C(=O)c3ccccc31)C1(C(=O)Nc3ccc([N+](=O)[O-])cc31)c1c(c(-c3ccccc3)nn1-c1ccc([N+](=O)[O-])cc1)N2. The van der Waals surface area contributed by atoms with Gasteiger partial charge in [0.15, 0.2) is 11.2 Å². The van der Waals surface area contributed by atoms with Crippen molar-refractivity contribution in [3.8, 4) is 16.9 Å². The third kappa shape index (κ3) is 3.44. The van der Waals surface area contributed by atoms with Gasteiger partial charge in [0, 0.05) is 52.2 Å². The van der Waals surface area contributed by atoms with E-state index in [1.54, 1.807) is 42.5 Å². The van der Waals surface area contributed by atoms with Crippen molar-refractivity contribution in [2.45, 2.75) is 5.41 Å². The number of amides is 1. The number of non-ortho nitro benzene ring substituents is 2. The number of nitrogens with zero attached hydrogens (tertiary/aromatic N) is 4. The summed E-state index contributed by atoms with van der Waals surface area (Å²) in [6.45, 7) is 0. The Hall–Kier alpha value is -6.76. The van der Waals surface area contributed by atoms with Gasteiger partial charge in [-0.2, -0.15) is 5.10 Å². The van der Waals surface area contributed by atoms with Crippen molar-refractivity contribution in [3.05, 3.63) is 151 Å². The molecule has 1 aromatic heterocycles. The van der Waals surface area contributed by atoms with Gasteiger partial charge in [-0.15, -0.1) is 0 Å². The first-order valence-corrected chi connectivity index (χ1v) is 14.0. The van der Waals surface area contributed by atoms with Crippen molar-refractivity contribution in [2.75, 3.05) is 10.6 Å². The minimum atomic E-state index is -2.10. The van der Waals surface area contributed by atoms with E-state index in [1.807, 2.05) is 0 Å². The second-order valence-electron chi connectivity index (χ2n) is 10.9. The maximum Gasteiger partial charge on any atom is 0.269 e. The number of carbonyl (C=O) groups is 3. The Morgan fingerprint density at radius 1 is 0.717 bits per heavy atom. The van der Waals surface area contributed by atoms with Crippen LogP contribution in [-0.2, 0) is 10.2 Å². The Kier molecular flexibility index (Phi) is 5.47. The largest absolute Gasteiger partial charge is 0.349 e. The molecule has 0 saturated heterocycles. The molecule has 0 saturated carbocycles. The zero-order chi connectivity index (χ0) is 31.9. The first-order chi connectivity index (χ1) is 22.2. The summed E-state index contributed by atoms with van der Waals surface area (Å²) >= 11 is 0. The molecule has 1 atom stereocenters. The molecular formula is C33H18N6O7. The molecular weight excluding hydrogens is 592 g/mol. The summed E-state index contributed by atoms with van der Waals surface area (Å²) in [5, 5.41) is 34.3. The van der Waals surface area contributed by atoms with E-state index in [9.17, 15) is 34.6 Å². The molecule has 2 N–H and O–H groups in total. The molecule has 1 unspecified atom stereocenters. The number of ketones is 2. The average Bonchev–Trinajstić information content (AvgIpc) is 3.59. The quantitative estimate of drug-likeness (QED) is 0.200. The first kappa shape index (κ1) is 26.8. The Morgan fingerprint density at radius 3 is 2.02 bits per heavy atom. The average molecular weight is 611 g/mol. The minimum Gasteiger partial charge on any atom is -0.349 e. The zero-order valence-electron chi connectivity index (χ0n) is 23.4. The lowest BCUT2D eigenvalue weighted by molar-refractivity contribution is -0.385. The number of Topliss-reactive ketones (excluding diaryl/α,β-unsaturated/α-hetero) is 2. The zero-order valence-corrected chi connectivity index (χ0v) is 23.4. The van der Waals surface area contributed by atoms with Gasteiger partial charge in [0.05, 0.1) is 38.2 Å². The van der Waals surface area contributed by atoms with Crippen LogP contribution in [0.1, 0.15) is 32.0 Å². The summed E-state index contributed by atoms with van der Waals surface area (Å²) < 4.78 is 1.39. The van der Waals surface area contributed by atoms with Crippen LogP contribution < -0.4 is 10.6 Å². The molecule has 3 heterocycles. The maximum atomic E-state index is 14.6. The lowest BCUT2D eigenvalue weighted by atomic mass is 9.64.